The molecule has 0 fully saturated rings. The molecule has 0 unspecified atom stereocenters. The van der Waals surface area contributed by atoms with Crippen molar-refractivity contribution in [1.29, 1.82) is 0 Å². The van der Waals surface area contributed by atoms with Gasteiger partial charge in [0.1, 0.15) is 5.52 Å². The number of rotatable bonds is 7. The van der Waals surface area contributed by atoms with E-state index >= 15 is 0 Å². The van der Waals surface area contributed by atoms with Crippen molar-refractivity contribution in [2.24, 2.45) is 0 Å². The fourth-order valence-electron chi connectivity index (χ4n) is 2.83. The highest BCUT2D eigenvalue weighted by atomic mass is 32.2. The summed E-state index contributed by atoms with van der Waals surface area (Å²) < 4.78 is 2.18. The Morgan fingerprint density at radius 1 is 1.23 bits per heavy atom. The predicted octanol–water partition coefficient (Wildman–Crippen LogP) is 3.79. The zero-order valence-corrected chi connectivity index (χ0v) is 16.6. The minimum atomic E-state index is -0.200. The van der Waals surface area contributed by atoms with Crippen LogP contribution in [0.3, 0.4) is 0 Å². The molecule has 26 heavy (non-hydrogen) atoms. The minimum Gasteiger partial charge on any atom is -0.351 e. The summed E-state index contributed by atoms with van der Waals surface area (Å²) in [6.45, 7) is 9.11. The van der Waals surface area contributed by atoms with E-state index in [0.717, 1.165) is 41.5 Å². The number of nitrogens with one attached hydrogen (secondary N) is 1. The van der Waals surface area contributed by atoms with Gasteiger partial charge in [0.15, 0.2) is 5.65 Å². The Bertz CT molecular complexity index is 934. The molecule has 1 amide bonds. The molecule has 0 atom stereocenters. The van der Waals surface area contributed by atoms with Gasteiger partial charge in [0.2, 0.25) is 11.1 Å². The van der Waals surface area contributed by atoms with Gasteiger partial charge >= 0.3 is 0 Å². The lowest BCUT2D eigenvalue weighted by atomic mass is 10.0. The third kappa shape index (κ3) is 3.82. The number of hydrogen-bond acceptors (Lipinski definition) is 5. The van der Waals surface area contributed by atoms with E-state index in [1.807, 2.05) is 32.0 Å². The molecule has 1 aromatic carbocycles. The molecule has 0 saturated heterocycles. The molecule has 0 spiro atoms. The summed E-state index contributed by atoms with van der Waals surface area (Å²) >= 11 is 1.32. The lowest BCUT2D eigenvalue weighted by Crippen LogP contribution is -2.43. The van der Waals surface area contributed by atoms with E-state index in [-0.39, 0.29) is 17.2 Å². The maximum atomic E-state index is 12.2. The summed E-state index contributed by atoms with van der Waals surface area (Å²) in [6.07, 6.45) is 1.89. The number of benzene rings is 1. The Hall–Kier alpha value is -2.15. The molecule has 3 rings (SSSR count). The van der Waals surface area contributed by atoms with Crippen LogP contribution in [0.25, 0.3) is 22.1 Å². The third-order valence-corrected chi connectivity index (χ3v) is 5.33. The molecular formula is C19H25N5OS. The first kappa shape index (κ1) is 18.6. The fourth-order valence-corrected chi connectivity index (χ4v) is 3.41. The lowest BCUT2D eigenvalue weighted by molar-refractivity contribution is -0.120. The van der Waals surface area contributed by atoms with E-state index in [1.165, 1.54) is 11.8 Å². The summed E-state index contributed by atoms with van der Waals surface area (Å²) in [4.78, 5) is 16.8. The average Bonchev–Trinajstić information content (AvgIpc) is 2.94. The van der Waals surface area contributed by atoms with Crippen LogP contribution >= 0.6 is 11.8 Å². The molecule has 1 N–H and O–H groups in total. The fraction of sp³-hybridized carbons (Fsp3) is 0.474. The van der Waals surface area contributed by atoms with Crippen molar-refractivity contribution in [1.82, 2.24) is 25.1 Å². The number of aromatic nitrogens is 4. The summed E-state index contributed by atoms with van der Waals surface area (Å²) in [5.41, 5.74) is 2.57. The lowest BCUT2D eigenvalue weighted by Gasteiger charge is -2.24. The second-order valence-electron chi connectivity index (χ2n) is 7.01. The van der Waals surface area contributed by atoms with Crippen molar-refractivity contribution in [3.05, 3.63) is 24.3 Å². The Kier molecular flexibility index (Phi) is 5.46. The van der Waals surface area contributed by atoms with Crippen molar-refractivity contribution in [2.75, 3.05) is 5.75 Å². The molecule has 0 radical (unpaired) electrons. The Morgan fingerprint density at radius 2 is 2.00 bits per heavy atom. The van der Waals surface area contributed by atoms with Crippen LogP contribution in [0.1, 0.15) is 40.5 Å². The molecule has 7 heteroatoms. The number of carbonyl (C=O) groups is 1. The summed E-state index contributed by atoms with van der Waals surface area (Å²) in [6, 6.07) is 8.16. The van der Waals surface area contributed by atoms with Gasteiger partial charge in [0.05, 0.1) is 11.3 Å². The first-order chi connectivity index (χ1) is 12.4. The van der Waals surface area contributed by atoms with E-state index in [9.17, 15) is 4.79 Å². The predicted molar refractivity (Wildman–Crippen MR) is 106 cm³/mol. The van der Waals surface area contributed by atoms with Gasteiger partial charge in [0, 0.05) is 17.5 Å². The number of amides is 1. The number of hydrogen-bond donors (Lipinski definition) is 1. The third-order valence-electron chi connectivity index (χ3n) is 4.50. The topological polar surface area (TPSA) is 72.7 Å². The van der Waals surface area contributed by atoms with Crippen LogP contribution < -0.4 is 5.32 Å². The van der Waals surface area contributed by atoms with Gasteiger partial charge in [-0.05, 0) is 32.8 Å². The van der Waals surface area contributed by atoms with Gasteiger partial charge in [-0.15, -0.1) is 10.2 Å². The van der Waals surface area contributed by atoms with Crippen molar-refractivity contribution in [3.8, 4) is 0 Å². The maximum Gasteiger partial charge on any atom is 0.230 e. The van der Waals surface area contributed by atoms with Gasteiger partial charge in [-0.3, -0.25) is 4.79 Å². The zero-order chi connectivity index (χ0) is 18.7. The molecule has 0 bridgehead atoms. The monoisotopic (exact) mass is 371 g/mol. The zero-order valence-electron chi connectivity index (χ0n) is 15.7. The van der Waals surface area contributed by atoms with Crippen molar-refractivity contribution >= 4 is 39.7 Å². The van der Waals surface area contributed by atoms with Crippen LogP contribution in [-0.2, 0) is 11.3 Å². The highest BCUT2D eigenvalue weighted by Gasteiger charge is 2.19. The highest BCUT2D eigenvalue weighted by molar-refractivity contribution is 7.99. The number of fused-ring (bicyclic) bond motifs is 3. The van der Waals surface area contributed by atoms with Crippen LogP contribution in [0.2, 0.25) is 0 Å². The molecule has 0 aliphatic carbocycles. The van der Waals surface area contributed by atoms with Crippen LogP contribution in [-0.4, -0.2) is 36.9 Å². The molecular weight excluding hydrogens is 346 g/mol. The smallest absolute Gasteiger partial charge is 0.230 e. The molecule has 6 nitrogen and oxygen atoms in total. The molecule has 2 aromatic heterocycles. The van der Waals surface area contributed by atoms with Crippen molar-refractivity contribution in [2.45, 2.75) is 57.8 Å². The quantitative estimate of drug-likeness (QED) is 0.640. The van der Waals surface area contributed by atoms with Crippen LogP contribution in [0.15, 0.2) is 29.4 Å². The number of thioether (sulfide) groups is 1. The second kappa shape index (κ2) is 7.61. The normalized spacial score (nSPS) is 12.0. The molecule has 0 aliphatic rings. The number of nitrogens with zero attached hydrogens (tertiary/aromatic N) is 4. The number of aryl methyl sites for hydroxylation is 1. The Morgan fingerprint density at radius 3 is 2.73 bits per heavy atom. The van der Waals surface area contributed by atoms with Crippen molar-refractivity contribution in [3.63, 3.8) is 0 Å². The standard InChI is InChI=1S/C19H25N5OS/c1-5-11-24-14-10-8-7-9-13(14)16-17(24)20-18(23-22-16)26-12-15(25)21-19(3,4)6-2/h7-10H,5-6,11-12H2,1-4H3,(H,21,25). The first-order valence-electron chi connectivity index (χ1n) is 9.00. The van der Waals surface area contributed by atoms with Crippen LogP contribution in [0.4, 0.5) is 0 Å². The Labute approximate surface area is 157 Å². The van der Waals surface area contributed by atoms with Crippen molar-refractivity contribution < 1.29 is 4.79 Å². The molecule has 2 heterocycles. The van der Waals surface area contributed by atoms with Gasteiger partial charge in [-0.1, -0.05) is 43.8 Å². The molecule has 0 aliphatic heterocycles. The van der Waals surface area contributed by atoms with Gasteiger partial charge in [-0.25, -0.2) is 4.98 Å². The second-order valence-corrected chi connectivity index (χ2v) is 7.95. The maximum absolute atomic E-state index is 12.2. The summed E-state index contributed by atoms with van der Waals surface area (Å²) in [5, 5.41) is 13.2. The summed E-state index contributed by atoms with van der Waals surface area (Å²) in [5.74, 6) is 0.268. The van der Waals surface area contributed by atoms with Crippen LogP contribution in [0, 0.1) is 0 Å². The van der Waals surface area contributed by atoms with E-state index in [0.29, 0.717) is 5.16 Å². The first-order valence-corrected chi connectivity index (χ1v) is 9.99. The molecule has 138 valence electrons. The minimum absolute atomic E-state index is 0.0142. The van der Waals surface area contributed by atoms with Crippen LogP contribution in [0.5, 0.6) is 0 Å². The summed E-state index contributed by atoms with van der Waals surface area (Å²) in [7, 11) is 0. The van der Waals surface area contributed by atoms with E-state index in [1.54, 1.807) is 0 Å². The Balaban J connectivity index is 1.86. The average molecular weight is 372 g/mol. The molecule has 3 aromatic rings. The number of para-hydroxylation sites is 1. The van der Waals surface area contributed by atoms with E-state index < -0.39 is 0 Å². The van der Waals surface area contributed by atoms with Gasteiger partial charge in [-0.2, -0.15) is 0 Å². The van der Waals surface area contributed by atoms with E-state index in [2.05, 4.69) is 40.0 Å². The number of carbonyl (C=O) groups excluding carboxylic acids is 1. The largest absolute Gasteiger partial charge is 0.351 e. The van der Waals surface area contributed by atoms with Gasteiger partial charge < -0.3 is 9.88 Å². The highest BCUT2D eigenvalue weighted by Crippen LogP contribution is 2.27. The SMILES string of the molecule is CCCn1c2ccccc2c2nnc(SCC(=O)NC(C)(C)CC)nc21. The van der Waals surface area contributed by atoms with E-state index in [4.69, 9.17) is 4.98 Å². The molecule has 0 saturated carbocycles. The van der Waals surface area contributed by atoms with Gasteiger partial charge in [0.25, 0.3) is 0 Å².